The predicted molar refractivity (Wildman–Crippen MR) is 123 cm³/mol. The first-order valence-corrected chi connectivity index (χ1v) is 10.7. The predicted octanol–water partition coefficient (Wildman–Crippen LogP) is 5.91. The summed E-state index contributed by atoms with van der Waals surface area (Å²) >= 11 is 3.40. The van der Waals surface area contributed by atoms with Crippen LogP contribution >= 0.6 is 15.9 Å². The topological polar surface area (TPSA) is 57.1 Å². The smallest absolute Gasteiger partial charge is 0.363 e. The highest BCUT2D eigenvalue weighted by molar-refractivity contribution is 9.10. The van der Waals surface area contributed by atoms with Gasteiger partial charge in [-0.1, -0.05) is 40.2 Å². The van der Waals surface area contributed by atoms with E-state index in [4.69, 9.17) is 14.2 Å². The first-order chi connectivity index (χ1) is 15.5. The number of benzene rings is 3. The number of halogens is 2. The molecule has 0 bridgehead atoms. The Morgan fingerprint density at radius 2 is 1.84 bits per heavy atom. The van der Waals surface area contributed by atoms with Gasteiger partial charge in [0.2, 0.25) is 5.90 Å². The first-order valence-electron chi connectivity index (χ1n) is 9.94. The molecule has 3 aromatic rings. The molecule has 0 saturated heterocycles. The monoisotopic (exact) mass is 495 g/mol. The molecule has 162 valence electrons. The molecule has 0 unspecified atom stereocenters. The van der Waals surface area contributed by atoms with Crippen LogP contribution < -0.4 is 9.47 Å². The Hall–Kier alpha value is -3.45. The summed E-state index contributed by atoms with van der Waals surface area (Å²) in [6, 6.07) is 18.8. The lowest BCUT2D eigenvalue weighted by atomic mass is 10.1. The van der Waals surface area contributed by atoms with Gasteiger partial charge in [-0.15, -0.1) is 0 Å². The number of esters is 1. The molecule has 5 nitrogen and oxygen atoms in total. The van der Waals surface area contributed by atoms with Gasteiger partial charge in [-0.3, -0.25) is 0 Å². The van der Waals surface area contributed by atoms with Crippen LogP contribution in [0, 0.1) is 5.82 Å². The van der Waals surface area contributed by atoms with Crippen LogP contribution in [-0.4, -0.2) is 18.5 Å². The van der Waals surface area contributed by atoms with Crippen molar-refractivity contribution < 1.29 is 23.4 Å². The summed E-state index contributed by atoms with van der Waals surface area (Å²) in [5, 5.41) is 0. The van der Waals surface area contributed by atoms with Crippen LogP contribution in [0.15, 0.2) is 81.9 Å². The maximum atomic E-state index is 13.1. The van der Waals surface area contributed by atoms with Crippen LogP contribution in [0.3, 0.4) is 0 Å². The van der Waals surface area contributed by atoms with Gasteiger partial charge in [0.1, 0.15) is 12.4 Å². The second-order valence-electron chi connectivity index (χ2n) is 6.90. The number of hydrogen-bond acceptors (Lipinski definition) is 5. The molecule has 0 N–H and O–H groups in total. The highest BCUT2D eigenvalue weighted by Crippen LogP contribution is 2.31. The minimum atomic E-state index is -0.525. The third kappa shape index (κ3) is 5.23. The third-order valence-corrected chi connectivity index (χ3v) is 5.06. The molecular formula is C25H19BrFNO4. The average Bonchev–Trinajstić information content (AvgIpc) is 3.15. The van der Waals surface area contributed by atoms with Crippen LogP contribution in [0.5, 0.6) is 11.5 Å². The van der Waals surface area contributed by atoms with Crippen molar-refractivity contribution in [2.24, 2.45) is 4.99 Å². The molecule has 0 amide bonds. The molecule has 1 aliphatic heterocycles. The molecule has 1 heterocycles. The molecule has 0 saturated carbocycles. The number of aliphatic imine (C=N–C) groups is 1. The molecule has 0 atom stereocenters. The Morgan fingerprint density at radius 1 is 1.03 bits per heavy atom. The van der Waals surface area contributed by atoms with Crippen molar-refractivity contribution in [3.63, 3.8) is 0 Å². The van der Waals surface area contributed by atoms with E-state index in [1.807, 2.05) is 37.3 Å². The number of carbonyl (C=O) groups is 1. The Balaban J connectivity index is 1.59. The summed E-state index contributed by atoms with van der Waals surface area (Å²) < 4.78 is 30.9. The zero-order valence-electron chi connectivity index (χ0n) is 17.2. The second-order valence-corrected chi connectivity index (χ2v) is 7.82. The standard InChI is InChI=1S/C25H19BrFNO4/c1-2-30-22-11-8-17(13-23(22)31-15-16-6-9-20(27)10-7-16)12-21-25(29)32-24(28-21)18-4-3-5-19(26)14-18/h3-14H,2,15H2,1H3/b21-12-. The van der Waals surface area contributed by atoms with Gasteiger partial charge in [0.15, 0.2) is 17.2 Å². The van der Waals surface area contributed by atoms with Crippen molar-refractivity contribution in [2.75, 3.05) is 6.61 Å². The number of ether oxygens (including phenoxy) is 3. The zero-order valence-corrected chi connectivity index (χ0v) is 18.8. The van der Waals surface area contributed by atoms with Crippen molar-refractivity contribution in [3.05, 3.63) is 99.4 Å². The maximum absolute atomic E-state index is 13.1. The van der Waals surface area contributed by atoms with E-state index in [-0.39, 0.29) is 24.0 Å². The summed E-state index contributed by atoms with van der Waals surface area (Å²) in [4.78, 5) is 16.7. The SMILES string of the molecule is CCOc1ccc(/C=C2\N=C(c3cccc(Br)c3)OC2=O)cc1OCc1ccc(F)cc1. The third-order valence-electron chi connectivity index (χ3n) is 4.57. The average molecular weight is 496 g/mol. The van der Waals surface area contributed by atoms with Gasteiger partial charge in [-0.2, -0.15) is 0 Å². The van der Waals surface area contributed by atoms with Gasteiger partial charge in [0, 0.05) is 10.0 Å². The van der Waals surface area contributed by atoms with E-state index in [0.29, 0.717) is 29.2 Å². The Bertz CT molecular complexity index is 1200. The molecule has 0 spiro atoms. The molecule has 7 heteroatoms. The van der Waals surface area contributed by atoms with E-state index in [2.05, 4.69) is 20.9 Å². The lowest BCUT2D eigenvalue weighted by Crippen LogP contribution is -2.05. The van der Waals surface area contributed by atoms with E-state index in [0.717, 1.165) is 10.0 Å². The van der Waals surface area contributed by atoms with E-state index >= 15 is 0 Å². The summed E-state index contributed by atoms with van der Waals surface area (Å²) in [6.07, 6.45) is 1.63. The number of hydrogen-bond donors (Lipinski definition) is 0. The second kappa shape index (κ2) is 9.78. The molecule has 0 fully saturated rings. The fourth-order valence-electron chi connectivity index (χ4n) is 3.06. The molecule has 1 aliphatic rings. The molecule has 32 heavy (non-hydrogen) atoms. The Kier molecular flexibility index (Phi) is 6.66. The summed E-state index contributed by atoms with van der Waals surface area (Å²) in [5.74, 6) is 0.504. The Labute approximate surface area is 193 Å². The summed E-state index contributed by atoms with van der Waals surface area (Å²) in [7, 11) is 0. The highest BCUT2D eigenvalue weighted by Gasteiger charge is 2.24. The van der Waals surface area contributed by atoms with E-state index in [1.54, 1.807) is 30.3 Å². The molecule has 0 radical (unpaired) electrons. The van der Waals surface area contributed by atoms with Crippen molar-refractivity contribution in [1.82, 2.24) is 0 Å². The molecule has 0 aromatic heterocycles. The highest BCUT2D eigenvalue weighted by atomic mass is 79.9. The summed E-state index contributed by atoms with van der Waals surface area (Å²) in [6.45, 7) is 2.60. The van der Waals surface area contributed by atoms with Crippen molar-refractivity contribution in [1.29, 1.82) is 0 Å². The van der Waals surface area contributed by atoms with Crippen molar-refractivity contribution >= 4 is 33.9 Å². The largest absolute Gasteiger partial charge is 0.490 e. The lowest BCUT2D eigenvalue weighted by Gasteiger charge is -2.13. The summed E-state index contributed by atoms with van der Waals surface area (Å²) in [5.41, 5.74) is 2.41. The van der Waals surface area contributed by atoms with Crippen LogP contribution in [0.25, 0.3) is 6.08 Å². The van der Waals surface area contributed by atoms with Crippen molar-refractivity contribution in [3.8, 4) is 11.5 Å². The lowest BCUT2D eigenvalue weighted by molar-refractivity contribution is -0.129. The first kappa shape index (κ1) is 21.8. The van der Waals surface area contributed by atoms with Crippen LogP contribution in [0.2, 0.25) is 0 Å². The number of rotatable bonds is 7. The molecular weight excluding hydrogens is 477 g/mol. The van der Waals surface area contributed by atoms with E-state index in [1.165, 1.54) is 12.1 Å². The van der Waals surface area contributed by atoms with Crippen LogP contribution in [0.4, 0.5) is 4.39 Å². The van der Waals surface area contributed by atoms with Gasteiger partial charge < -0.3 is 14.2 Å². The van der Waals surface area contributed by atoms with Crippen LogP contribution in [0.1, 0.15) is 23.6 Å². The fourth-order valence-corrected chi connectivity index (χ4v) is 3.45. The van der Waals surface area contributed by atoms with Gasteiger partial charge in [-0.05, 0) is 66.6 Å². The zero-order chi connectivity index (χ0) is 22.5. The fraction of sp³-hybridized carbons (Fsp3) is 0.120. The van der Waals surface area contributed by atoms with Gasteiger partial charge in [0.05, 0.1) is 6.61 Å². The van der Waals surface area contributed by atoms with E-state index in [9.17, 15) is 9.18 Å². The molecule has 4 rings (SSSR count). The quantitative estimate of drug-likeness (QED) is 0.302. The number of nitrogens with zero attached hydrogens (tertiary/aromatic N) is 1. The van der Waals surface area contributed by atoms with E-state index < -0.39 is 5.97 Å². The number of carbonyl (C=O) groups excluding carboxylic acids is 1. The Morgan fingerprint density at radius 3 is 2.59 bits per heavy atom. The van der Waals surface area contributed by atoms with Gasteiger partial charge in [0.25, 0.3) is 0 Å². The number of cyclic esters (lactones) is 1. The minimum Gasteiger partial charge on any atom is -0.490 e. The van der Waals surface area contributed by atoms with Gasteiger partial charge >= 0.3 is 5.97 Å². The normalized spacial score (nSPS) is 14.3. The van der Waals surface area contributed by atoms with Crippen LogP contribution in [-0.2, 0) is 16.1 Å². The maximum Gasteiger partial charge on any atom is 0.363 e. The molecule has 3 aromatic carbocycles. The van der Waals surface area contributed by atoms with Crippen molar-refractivity contribution in [2.45, 2.75) is 13.5 Å². The minimum absolute atomic E-state index is 0.189. The molecule has 0 aliphatic carbocycles. The van der Waals surface area contributed by atoms with Gasteiger partial charge in [-0.25, -0.2) is 14.2 Å².